The van der Waals surface area contributed by atoms with E-state index in [-0.39, 0.29) is 6.04 Å². The molecule has 0 aromatic heterocycles. The first-order valence-corrected chi connectivity index (χ1v) is 9.95. The molecule has 22 heavy (non-hydrogen) atoms. The van der Waals surface area contributed by atoms with E-state index in [1.807, 2.05) is 33.8 Å². The van der Waals surface area contributed by atoms with Gasteiger partial charge in [-0.1, -0.05) is 19.4 Å². The summed E-state index contributed by atoms with van der Waals surface area (Å²) in [6.45, 7) is 9.88. The fraction of sp³-hybridized carbons (Fsp3) is 0.812. The molecular formula is C16H30NO4P. The van der Waals surface area contributed by atoms with Gasteiger partial charge in [-0.05, 0) is 47.0 Å². The lowest BCUT2D eigenvalue weighted by atomic mass is 10.2. The maximum absolute atomic E-state index is 13.0. The highest BCUT2D eigenvalue weighted by molar-refractivity contribution is 7.63. The maximum Gasteiger partial charge on any atom is 0.408 e. The van der Waals surface area contributed by atoms with Crippen LogP contribution in [0.15, 0.2) is 11.4 Å². The Labute approximate surface area is 134 Å². The molecular weight excluding hydrogens is 301 g/mol. The summed E-state index contributed by atoms with van der Waals surface area (Å²) in [4.78, 5) is 11.8. The number of carbonyl (C=O) groups excluding carboxylic acids is 1. The molecule has 5 nitrogen and oxygen atoms in total. The van der Waals surface area contributed by atoms with Crippen LogP contribution in [0.4, 0.5) is 4.79 Å². The van der Waals surface area contributed by atoms with Gasteiger partial charge in [-0.3, -0.25) is 4.57 Å². The Morgan fingerprint density at radius 3 is 2.64 bits per heavy atom. The van der Waals surface area contributed by atoms with Gasteiger partial charge in [0, 0.05) is 11.5 Å². The van der Waals surface area contributed by atoms with Crippen LogP contribution in [0, 0.1) is 0 Å². The fourth-order valence-electron chi connectivity index (χ4n) is 2.42. The molecule has 0 spiro atoms. The van der Waals surface area contributed by atoms with Gasteiger partial charge in [0.05, 0.1) is 12.6 Å². The van der Waals surface area contributed by atoms with Gasteiger partial charge < -0.3 is 14.6 Å². The summed E-state index contributed by atoms with van der Waals surface area (Å²) in [5, 5.41) is 3.69. The van der Waals surface area contributed by atoms with Crippen LogP contribution in [0.25, 0.3) is 0 Å². The number of nitrogens with one attached hydrogen (secondary N) is 1. The lowest BCUT2D eigenvalue weighted by molar-refractivity contribution is 0.0514. The molecule has 0 bridgehead atoms. The van der Waals surface area contributed by atoms with Crippen molar-refractivity contribution in [3.05, 3.63) is 11.4 Å². The molecule has 0 saturated heterocycles. The van der Waals surface area contributed by atoms with E-state index >= 15 is 0 Å². The van der Waals surface area contributed by atoms with E-state index < -0.39 is 19.1 Å². The molecule has 0 saturated carbocycles. The monoisotopic (exact) mass is 331 g/mol. The third-order valence-electron chi connectivity index (χ3n) is 3.39. The summed E-state index contributed by atoms with van der Waals surface area (Å²) in [7, 11) is -2.74. The van der Waals surface area contributed by atoms with Crippen molar-refractivity contribution in [3.63, 3.8) is 0 Å². The van der Waals surface area contributed by atoms with Crippen molar-refractivity contribution < 1.29 is 18.6 Å². The average molecular weight is 331 g/mol. The predicted octanol–water partition coefficient (Wildman–Crippen LogP) is 4.67. The van der Waals surface area contributed by atoms with Gasteiger partial charge in [-0.2, -0.15) is 0 Å². The van der Waals surface area contributed by atoms with E-state index in [0.29, 0.717) is 19.2 Å². The van der Waals surface area contributed by atoms with Crippen molar-refractivity contribution >= 4 is 13.5 Å². The zero-order chi connectivity index (χ0) is 16.8. The van der Waals surface area contributed by atoms with Crippen LogP contribution in [0.2, 0.25) is 0 Å². The molecule has 1 aliphatic rings. The van der Waals surface area contributed by atoms with Gasteiger partial charge >= 0.3 is 6.09 Å². The third-order valence-corrected chi connectivity index (χ3v) is 6.22. The number of carbonyl (C=O) groups is 1. The predicted molar refractivity (Wildman–Crippen MR) is 89.5 cm³/mol. The van der Waals surface area contributed by atoms with Gasteiger partial charge in [0.2, 0.25) is 7.37 Å². The first kappa shape index (κ1) is 19.2. The molecule has 6 heteroatoms. The minimum absolute atomic E-state index is 0.125. The first-order chi connectivity index (χ1) is 10.2. The maximum atomic E-state index is 13.0. The number of amides is 1. The van der Waals surface area contributed by atoms with Crippen LogP contribution in [0.5, 0.6) is 0 Å². The number of hydrogen-bond donors (Lipinski definition) is 1. The minimum Gasteiger partial charge on any atom is -0.444 e. The van der Waals surface area contributed by atoms with Gasteiger partial charge in [-0.25, -0.2) is 4.79 Å². The number of rotatable bonds is 7. The van der Waals surface area contributed by atoms with E-state index in [1.54, 1.807) is 0 Å². The standard InChI is InChI=1S/C16H30NO4P/c1-6-8-11-22(19,20-7-2)14-10-9-13(12-14)17-15(18)21-16(3,4)5/h12-13H,6-11H2,1-5H3,(H,17,18). The number of unbranched alkanes of at least 4 members (excludes halogenated alkanes) is 1. The summed E-state index contributed by atoms with van der Waals surface area (Å²) in [5.74, 6) is 0. The molecule has 0 aliphatic heterocycles. The molecule has 0 aromatic carbocycles. The van der Waals surface area contributed by atoms with Crippen molar-refractivity contribution in [3.8, 4) is 0 Å². The van der Waals surface area contributed by atoms with E-state index in [0.717, 1.165) is 24.6 Å². The molecule has 0 aromatic rings. The van der Waals surface area contributed by atoms with E-state index in [2.05, 4.69) is 12.2 Å². The topological polar surface area (TPSA) is 64.6 Å². The Morgan fingerprint density at radius 1 is 1.41 bits per heavy atom. The summed E-state index contributed by atoms with van der Waals surface area (Å²) in [6, 6.07) is -0.125. The quantitative estimate of drug-likeness (QED) is 0.688. The van der Waals surface area contributed by atoms with Crippen LogP contribution in [-0.2, 0) is 13.8 Å². The summed E-state index contributed by atoms with van der Waals surface area (Å²) >= 11 is 0. The number of hydrogen-bond acceptors (Lipinski definition) is 4. The van der Waals surface area contributed by atoms with Crippen LogP contribution >= 0.6 is 7.37 Å². The Bertz CT molecular complexity index is 454. The molecule has 0 radical (unpaired) electrons. The van der Waals surface area contributed by atoms with Crippen LogP contribution in [0.3, 0.4) is 0 Å². The molecule has 0 heterocycles. The Kier molecular flexibility index (Phi) is 7.14. The molecule has 128 valence electrons. The van der Waals surface area contributed by atoms with Crippen molar-refractivity contribution in [2.45, 2.75) is 71.9 Å². The van der Waals surface area contributed by atoms with Gasteiger partial charge in [0.25, 0.3) is 0 Å². The normalized spacial score (nSPS) is 21.1. The second kappa shape index (κ2) is 8.16. The van der Waals surface area contributed by atoms with Crippen molar-refractivity contribution in [2.24, 2.45) is 0 Å². The highest BCUT2D eigenvalue weighted by atomic mass is 31.2. The SMILES string of the molecule is CCCCP(=O)(OCC)C1=CC(NC(=O)OC(C)(C)C)CC1. The Morgan fingerprint density at radius 2 is 2.09 bits per heavy atom. The number of alkyl carbamates (subject to hydrolysis) is 1. The third kappa shape index (κ3) is 6.13. The zero-order valence-electron chi connectivity index (χ0n) is 14.5. The van der Waals surface area contributed by atoms with Crippen molar-refractivity contribution in [1.82, 2.24) is 5.32 Å². The fourth-order valence-corrected chi connectivity index (χ4v) is 5.03. The average Bonchev–Trinajstić information content (AvgIpc) is 2.83. The highest BCUT2D eigenvalue weighted by Crippen LogP contribution is 2.58. The molecule has 2 atom stereocenters. The highest BCUT2D eigenvalue weighted by Gasteiger charge is 2.32. The summed E-state index contributed by atoms with van der Waals surface area (Å²) in [5.41, 5.74) is -0.517. The van der Waals surface area contributed by atoms with Crippen molar-refractivity contribution in [1.29, 1.82) is 0 Å². The summed E-state index contributed by atoms with van der Waals surface area (Å²) < 4.78 is 23.8. The second-order valence-corrected chi connectivity index (χ2v) is 9.24. The van der Waals surface area contributed by atoms with Crippen molar-refractivity contribution in [2.75, 3.05) is 12.8 Å². The number of allylic oxidation sites excluding steroid dienone is 1. The van der Waals surface area contributed by atoms with E-state index in [9.17, 15) is 9.36 Å². The van der Waals surface area contributed by atoms with Gasteiger partial charge in [0.1, 0.15) is 5.60 Å². The van der Waals surface area contributed by atoms with Crippen LogP contribution in [-0.4, -0.2) is 30.5 Å². The lowest BCUT2D eigenvalue weighted by Crippen LogP contribution is -2.37. The minimum atomic E-state index is -2.74. The second-order valence-electron chi connectivity index (χ2n) is 6.62. The molecule has 1 rings (SSSR count). The molecule has 1 aliphatic carbocycles. The smallest absolute Gasteiger partial charge is 0.408 e. The molecule has 2 unspecified atom stereocenters. The lowest BCUT2D eigenvalue weighted by Gasteiger charge is -2.21. The zero-order valence-corrected chi connectivity index (χ0v) is 15.4. The van der Waals surface area contributed by atoms with Gasteiger partial charge in [-0.15, -0.1) is 0 Å². The largest absolute Gasteiger partial charge is 0.444 e. The van der Waals surface area contributed by atoms with Crippen LogP contribution in [0.1, 0.15) is 60.3 Å². The van der Waals surface area contributed by atoms with E-state index in [4.69, 9.17) is 9.26 Å². The molecule has 1 amide bonds. The Balaban J connectivity index is 2.69. The molecule has 1 N–H and O–H groups in total. The van der Waals surface area contributed by atoms with Crippen LogP contribution < -0.4 is 5.32 Å². The number of ether oxygens (including phenoxy) is 1. The molecule has 0 fully saturated rings. The summed E-state index contributed by atoms with van der Waals surface area (Å²) in [6.07, 6.45) is 5.38. The van der Waals surface area contributed by atoms with Gasteiger partial charge in [0.15, 0.2) is 0 Å². The van der Waals surface area contributed by atoms with E-state index in [1.165, 1.54) is 0 Å². The first-order valence-electron chi connectivity index (χ1n) is 8.14. The Hall–Kier alpha value is -0.800.